The molecule has 0 saturated heterocycles. The highest BCUT2D eigenvalue weighted by molar-refractivity contribution is 9.10. The van der Waals surface area contributed by atoms with Crippen molar-refractivity contribution in [3.63, 3.8) is 0 Å². The van der Waals surface area contributed by atoms with E-state index in [2.05, 4.69) is 15.9 Å². The Labute approximate surface area is 183 Å². The quantitative estimate of drug-likeness (QED) is 0.303. The zero-order valence-electron chi connectivity index (χ0n) is 16.7. The molecule has 158 valence electrons. The third kappa shape index (κ3) is 6.11. The first-order valence-electron chi connectivity index (χ1n) is 9.48. The summed E-state index contributed by atoms with van der Waals surface area (Å²) >= 11 is 3.39. The fraction of sp³-hybridized carbons (Fsp3) is 0.250. The van der Waals surface area contributed by atoms with Gasteiger partial charge in [0.15, 0.2) is 6.29 Å². The van der Waals surface area contributed by atoms with E-state index >= 15 is 0 Å². The Balaban J connectivity index is 1.73. The standard InChI is InChI=1S/C24H23BrF2O3/c1-24(2,18-11-13-19(25)14-12-18)22(30-23(26)27)28-16-17-7-6-10-21(15-17)29-20-8-4-3-5-9-20/h3-15,22-23H,16H2,1-2H3. The maximum Gasteiger partial charge on any atom is 0.347 e. The van der Waals surface area contributed by atoms with Gasteiger partial charge in [0.05, 0.1) is 6.61 Å². The minimum absolute atomic E-state index is 0.101. The average molecular weight is 477 g/mol. The van der Waals surface area contributed by atoms with Gasteiger partial charge in [-0.1, -0.05) is 72.2 Å². The predicted molar refractivity (Wildman–Crippen MR) is 116 cm³/mol. The molecule has 3 aromatic rings. The maximum atomic E-state index is 13.1. The summed E-state index contributed by atoms with van der Waals surface area (Å²) < 4.78 is 43.6. The van der Waals surface area contributed by atoms with Crippen molar-refractivity contribution in [3.8, 4) is 11.5 Å². The van der Waals surface area contributed by atoms with Crippen LogP contribution in [0.2, 0.25) is 0 Å². The van der Waals surface area contributed by atoms with Crippen LogP contribution in [0.5, 0.6) is 11.5 Å². The summed E-state index contributed by atoms with van der Waals surface area (Å²) in [5.41, 5.74) is 0.824. The molecule has 0 saturated carbocycles. The van der Waals surface area contributed by atoms with E-state index in [9.17, 15) is 8.78 Å². The lowest BCUT2D eigenvalue weighted by Crippen LogP contribution is -2.39. The lowest BCUT2D eigenvalue weighted by Gasteiger charge is -2.34. The van der Waals surface area contributed by atoms with Gasteiger partial charge in [0.2, 0.25) is 0 Å². The molecule has 30 heavy (non-hydrogen) atoms. The third-order valence-corrected chi connectivity index (χ3v) is 5.21. The van der Waals surface area contributed by atoms with Gasteiger partial charge in [0.1, 0.15) is 11.5 Å². The van der Waals surface area contributed by atoms with E-state index in [1.165, 1.54) is 0 Å². The second kappa shape index (κ2) is 10.2. The zero-order chi connectivity index (χ0) is 21.6. The fourth-order valence-corrected chi connectivity index (χ4v) is 3.29. The number of hydrogen-bond donors (Lipinski definition) is 0. The molecule has 0 spiro atoms. The molecule has 6 heteroatoms. The summed E-state index contributed by atoms with van der Waals surface area (Å²) in [5.74, 6) is 1.35. The predicted octanol–water partition coefficient (Wildman–Crippen LogP) is 7.30. The van der Waals surface area contributed by atoms with Crippen molar-refractivity contribution in [1.29, 1.82) is 0 Å². The SMILES string of the molecule is CC(C)(c1ccc(Br)cc1)C(OCc1cccc(Oc2ccccc2)c1)OC(F)F. The summed E-state index contributed by atoms with van der Waals surface area (Å²) in [7, 11) is 0. The van der Waals surface area contributed by atoms with Crippen LogP contribution in [0.3, 0.4) is 0 Å². The number of para-hydroxylation sites is 1. The molecule has 0 aliphatic rings. The van der Waals surface area contributed by atoms with E-state index in [0.29, 0.717) is 11.5 Å². The highest BCUT2D eigenvalue weighted by Gasteiger charge is 2.35. The smallest absolute Gasteiger partial charge is 0.347 e. The number of hydrogen-bond acceptors (Lipinski definition) is 3. The van der Waals surface area contributed by atoms with E-state index < -0.39 is 18.3 Å². The summed E-state index contributed by atoms with van der Waals surface area (Å²) in [6, 6.07) is 24.2. The minimum atomic E-state index is -2.95. The summed E-state index contributed by atoms with van der Waals surface area (Å²) in [6.45, 7) is 0.789. The zero-order valence-corrected chi connectivity index (χ0v) is 18.3. The first-order valence-corrected chi connectivity index (χ1v) is 10.3. The Morgan fingerprint density at radius 1 is 0.867 bits per heavy atom. The van der Waals surface area contributed by atoms with Crippen LogP contribution in [0.4, 0.5) is 8.78 Å². The molecule has 0 bridgehead atoms. The van der Waals surface area contributed by atoms with Crippen LogP contribution in [0.25, 0.3) is 0 Å². The van der Waals surface area contributed by atoms with Gasteiger partial charge in [-0.3, -0.25) is 4.74 Å². The van der Waals surface area contributed by atoms with Gasteiger partial charge < -0.3 is 9.47 Å². The van der Waals surface area contributed by atoms with E-state index in [0.717, 1.165) is 15.6 Å². The van der Waals surface area contributed by atoms with Gasteiger partial charge in [-0.15, -0.1) is 0 Å². The summed E-state index contributed by atoms with van der Waals surface area (Å²) in [6.07, 6.45) is -1.14. The van der Waals surface area contributed by atoms with Crippen molar-refractivity contribution in [2.24, 2.45) is 0 Å². The topological polar surface area (TPSA) is 27.7 Å². The number of rotatable bonds is 9. The highest BCUT2D eigenvalue weighted by atomic mass is 79.9. The van der Waals surface area contributed by atoms with Crippen LogP contribution >= 0.6 is 15.9 Å². The van der Waals surface area contributed by atoms with Gasteiger partial charge in [0, 0.05) is 9.89 Å². The minimum Gasteiger partial charge on any atom is -0.457 e. The van der Waals surface area contributed by atoms with Crippen molar-refractivity contribution in [2.45, 2.75) is 38.8 Å². The van der Waals surface area contributed by atoms with Crippen molar-refractivity contribution in [1.82, 2.24) is 0 Å². The number of halogens is 3. The van der Waals surface area contributed by atoms with Gasteiger partial charge in [-0.2, -0.15) is 8.78 Å². The summed E-state index contributed by atoms with van der Waals surface area (Å²) in [4.78, 5) is 0. The lowest BCUT2D eigenvalue weighted by atomic mass is 9.84. The molecule has 1 atom stereocenters. The summed E-state index contributed by atoms with van der Waals surface area (Å²) in [5, 5.41) is 0. The molecule has 3 nitrogen and oxygen atoms in total. The van der Waals surface area contributed by atoms with Crippen LogP contribution in [0, 0.1) is 0 Å². The second-order valence-electron chi connectivity index (χ2n) is 7.33. The number of ether oxygens (including phenoxy) is 3. The molecule has 0 aromatic heterocycles. The average Bonchev–Trinajstić information content (AvgIpc) is 2.72. The Bertz CT molecular complexity index is 931. The van der Waals surface area contributed by atoms with Crippen LogP contribution in [0.1, 0.15) is 25.0 Å². The molecule has 0 N–H and O–H groups in total. The van der Waals surface area contributed by atoms with E-state index in [-0.39, 0.29) is 6.61 Å². The Morgan fingerprint density at radius 3 is 2.20 bits per heavy atom. The van der Waals surface area contributed by atoms with Crippen molar-refractivity contribution < 1.29 is 23.0 Å². The highest BCUT2D eigenvalue weighted by Crippen LogP contribution is 2.33. The lowest BCUT2D eigenvalue weighted by molar-refractivity contribution is -0.270. The van der Waals surface area contributed by atoms with Crippen molar-refractivity contribution in [2.75, 3.05) is 0 Å². The van der Waals surface area contributed by atoms with Crippen LogP contribution in [-0.2, 0) is 21.5 Å². The molecular weight excluding hydrogens is 454 g/mol. The molecular formula is C24H23BrF2O3. The molecule has 3 aromatic carbocycles. The van der Waals surface area contributed by atoms with Crippen molar-refractivity contribution in [3.05, 3.63) is 94.5 Å². The van der Waals surface area contributed by atoms with Crippen LogP contribution < -0.4 is 4.74 Å². The Morgan fingerprint density at radius 2 is 1.53 bits per heavy atom. The van der Waals surface area contributed by atoms with Gasteiger partial charge in [0.25, 0.3) is 0 Å². The molecule has 0 fully saturated rings. The van der Waals surface area contributed by atoms with Gasteiger partial charge in [-0.25, -0.2) is 0 Å². The Hall–Kier alpha value is -2.28. The maximum absolute atomic E-state index is 13.1. The molecule has 0 heterocycles. The molecule has 0 radical (unpaired) electrons. The molecule has 0 amide bonds. The fourth-order valence-electron chi connectivity index (χ4n) is 3.02. The number of alkyl halides is 2. The van der Waals surface area contributed by atoms with Gasteiger partial charge >= 0.3 is 6.61 Å². The first kappa shape index (κ1) is 22.4. The second-order valence-corrected chi connectivity index (χ2v) is 8.25. The Kier molecular flexibility index (Phi) is 7.58. The normalized spacial score (nSPS) is 12.7. The molecule has 1 unspecified atom stereocenters. The first-order chi connectivity index (χ1) is 14.3. The van der Waals surface area contributed by atoms with E-state index in [4.69, 9.17) is 14.2 Å². The molecule has 0 aliphatic heterocycles. The third-order valence-electron chi connectivity index (χ3n) is 4.68. The monoisotopic (exact) mass is 476 g/mol. The van der Waals surface area contributed by atoms with Gasteiger partial charge in [-0.05, 0) is 47.5 Å². The van der Waals surface area contributed by atoms with Crippen LogP contribution in [0.15, 0.2) is 83.3 Å². The van der Waals surface area contributed by atoms with E-state index in [1.807, 2.05) is 92.7 Å². The van der Waals surface area contributed by atoms with Crippen molar-refractivity contribution >= 4 is 15.9 Å². The number of benzene rings is 3. The molecule has 0 aliphatic carbocycles. The van der Waals surface area contributed by atoms with Crippen LogP contribution in [-0.4, -0.2) is 12.9 Å². The largest absolute Gasteiger partial charge is 0.457 e. The van der Waals surface area contributed by atoms with E-state index in [1.54, 1.807) is 0 Å². The molecule has 3 rings (SSSR count).